The molecule has 12 heteroatoms. The molecule has 1 N–H and O–H groups in total. The molecule has 0 bridgehead atoms. The molecule has 0 saturated heterocycles. The van der Waals surface area contributed by atoms with E-state index in [0.717, 1.165) is 16.4 Å². The molecule has 39 heavy (non-hydrogen) atoms. The Bertz CT molecular complexity index is 1420. The van der Waals surface area contributed by atoms with Gasteiger partial charge in [0.25, 0.3) is 15.7 Å². The number of carbonyl (C=O) groups is 2. The fourth-order valence-corrected chi connectivity index (χ4v) is 5.41. The van der Waals surface area contributed by atoms with Crippen LogP contribution in [0.5, 0.6) is 0 Å². The van der Waals surface area contributed by atoms with Gasteiger partial charge in [0.2, 0.25) is 11.8 Å². The number of amides is 2. The molecule has 2 amide bonds. The number of benzene rings is 3. The van der Waals surface area contributed by atoms with E-state index in [1.807, 2.05) is 6.92 Å². The molecule has 10 nitrogen and oxygen atoms in total. The summed E-state index contributed by atoms with van der Waals surface area (Å²) in [6, 6.07) is 18.3. The molecule has 0 spiro atoms. The maximum atomic E-state index is 13.8. The Morgan fingerprint density at radius 3 is 2.21 bits per heavy atom. The van der Waals surface area contributed by atoms with Crippen LogP contribution in [-0.4, -0.2) is 49.2 Å². The normalized spacial score (nSPS) is 11.9. The number of nitrogens with one attached hydrogen (secondary N) is 1. The van der Waals surface area contributed by atoms with Crippen LogP contribution < -0.4 is 9.62 Å². The maximum Gasteiger partial charge on any atom is 0.269 e. The number of halogens is 1. The van der Waals surface area contributed by atoms with Gasteiger partial charge in [0, 0.05) is 30.2 Å². The summed E-state index contributed by atoms with van der Waals surface area (Å²) in [5.41, 5.74) is 0.401. The standard InChI is InChI=1S/C27H29ClN4O6S/c1-3-17-29-27(34)20(2)30(18-21-9-7-8-12-25(21)28)26(33)19-31(22-13-15-23(16-14-22)32(35)36)39(37,38)24-10-5-4-6-11-24/h4-16,20H,3,17-19H2,1-2H3,(H,29,34). The maximum absolute atomic E-state index is 13.8. The number of hydrogen-bond acceptors (Lipinski definition) is 6. The third-order valence-corrected chi connectivity index (χ3v) is 8.13. The van der Waals surface area contributed by atoms with Crippen molar-refractivity contribution >= 4 is 44.8 Å². The van der Waals surface area contributed by atoms with Gasteiger partial charge in [-0.1, -0.05) is 54.9 Å². The fraction of sp³-hybridized carbons (Fsp3) is 0.259. The Kier molecular flexibility index (Phi) is 10.0. The molecule has 0 aliphatic carbocycles. The summed E-state index contributed by atoms with van der Waals surface area (Å²) in [6.45, 7) is 3.16. The number of sulfonamides is 1. The van der Waals surface area contributed by atoms with E-state index in [1.54, 1.807) is 49.4 Å². The zero-order valence-electron chi connectivity index (χ0n) is 21.5. The van der Waals surface area contributed by atoms with Gasteiger partial charge in [0.05, 0.1) is 15.5 Å². The largest absolute Gasteiger partial charge is 0.354 e. The molecule has 206 valence electrons. The first kappa shape index (κ1) is 29.6. The molecule has 1 atom stereocenters. The van der Waals surface area contributed by atoms with Gasteiger partial charge in [0.1, 0.15) is 12.6 Å². The van der Waals surface area contributed by atoms with Crippen molar-refractivity contribution < 1.29 is 22.9 Å². The van der Waals surface area contributed by atoms with Crippen molar-refractivity contribution in [2.24, 2.45) is 0 Å². The van der Waals surface area contributed by atoms with Crippen LogP contribution in [-0.2, 0) is 26.2 Å². The minimum Gasteiger partial charge on any atom is -0.354 e. The van der Waals surface area contributed by atoms with Crippen molar-refractivity contribution in [2.75, 3.05) is 17.4 Å². The number of anilines is 1. The third-order valence-electron chi connectivity index (χ3n) is 5.97. The van der Waals surface area contributed by atoms with Crippen LogP contribution in [0.15, 0.2) is 83.8 Å². The molecule has 3 rings (SSSR count). The van der Waals surface area contributed by atoms with Gasteiger partial charge >= 0.3 is 0 Å². The SMILES string of the molecule is CCCNC(=O)C(C)N(Cc1ccccc1Cl)C(=O)CN(c1ccc([N+](=O)[O-])cc1)S(=O)(=O)c1ccccc1. The van der Waals surface area contributed by atoms with E-state index < -0.39 is 39.3 Å². The molecule has 0 heterocycles. The van der Waals surface area contributed by atoms with Crippen molar-refractivity contribution in [1.29, 1.82) is 0 Å². The Morgan fingerprint density at radius 1 is 1.00 bits per heavy atom. The lowest BCUT2D eigenvalue weighted by Crippen LogP contribution is -2.51. The predicted octanol–water partition coefficient (Wildman–Crippen LogP) is 4.39. The van der Waals surface area contributed by atoms with E-state index in [0.29, 0.717) is 23.6 Å². The highest BCUT2D eigenvalue weighted by atomic mass is 35.5. The van der Waals surface area contributed by atoms with E-state index in [4.69, 9.17) is 11.6 Å². The number of nitro groups is 1. The smallest absolute Gasteiger partial charge is 0.269 e. The monoisotopic (exact) mass is 572 g/mol. The molecule has 0 aliphatic rings. The topological polar surface area (TPSA) is 130 Å². The molecule has 3 aromatic carbocycles. The first-order chi connectivity index (χ1) is 18.6. The van der Waals surface area contributed by atoms with Crippen molar-refractivity contribution in [2.45, 2.75) is 37.8 Å². The minimum atomic E-state index is -4.27. The summed E-state index contributed by atoms with van der Waals surface area (Å²) >= 11 is 6.34. The number of non-ortho nitro benzene ring substituents is 1. The highest BCUT2D eigenvalue weighted by Gasteiger charge is 2.32. The molecule has 0 aromatic heterocycles. The molecule has 1 unspecified atom stereocenters. The average Bonchev–Trinajstić information content (AvgIpc) is 2.94. The Labute approximate surface area is 232 Å². The number of rotatable bonds is 12. The third kappa shape index (κ3) is 7.33. The van der Waals surface area contributed by atoms with Crippen molar-refractivity contribution in [3.05, 3.63) is 99.6 Å². The molecule has 3 aromatic rings. The second-order valence-corrected chi connectivity index (χ2v) is 10.9. The molecular weight excluding hydrogens is 544 g/mol. The molecule has 0 fully saturated rings. The van der Waals surface area contributed by atoms with Crippen LogP contribution in [0, 0.1) is 10.1 Å². The first-order valence-electron chi connectivity index (χ1n) is 12.2. The number of nitrogens with zero attached hydrogens (tertiary/aromatic N) is 3. The number of hydrogen-bond donors (Lipinski definition) is 1. The minimum absolute atomic E-state index is 0.0430. The van der Waals surface area contributed by atoms with Crippen LogP contribution in [0.25, 0.3) is 0 Å². The van der Waals surface area contributed by atoms with Crippen LogP contribution in [0.1, 0.15) is 25.8 Å². The van der Waals surface area contributed by atoms with Crippen molar-refractivity contribution in [3.8, 4) is 0 Å². The zero-order valence-corrected chi connectivity index (χ0v) is 23.1. The first-order valence-corrected chi connectivity index (χ1v) is 14.0. The summed E-state index contributed by atoms with van der Waals surface area (Å²) in [4.78, 5) is 38.4. The summed E-state index contributed by atoms with van der Waals surface area (Å²) in [5, 5.41) is 14.3. The van der Waals surface area contributed by atoms with Gasteiger partial charge in [0.15, 0.2) is 0 Å². The van der Waals surface area contributed by atoms with Crippen LogP contribution in [0.2, 0.25) is 5.02 Å². The number of carbonyl (C=O) groups excluding carboxylic acids is 2. The number of nitro benzene ring substituents is 1. The van der Waals surface area contributed by atoms with Gasteiger partial charge < -0.3 is 10.2 Å². The van der Waals surface area contributed by atoms with E-state index in [2.05, 4.69) is 5.32 Å². The lowest BCUT2D eigenvalue weighted by atomic mass is 10.1. The summed E-state index contributed by atoms with van der Waals surface area (Å²) in [7, 11) is -4.27. The van der Waals surface area contributed by atoms with Crippen molar-refractivity contribution in [3.63, 3.8) is 0 Å². The Hall–Kier alpha value is -3.96. The Balaban J connectivity index is 2.03. The van der Waals surface area contributed by atoms with Crippen LogP contribution in [0.3, 0.4) is 0 Å². The van der Waals surface area contributed by atoms with E-state index in [9.17, 15) is 28.1 Å². The lowest BCUT2D eigenvalue weighted by molar-refractivity contribution is -0.384. The van der Waals surface area contributed by atoms with Gasteiger partial charge in [-0.25, -0.2) is 8.42 Å². The quantitative estimate of drug-likeness (QED) is 0.253. The lowest BCUT2D eigenvalue weighted by Gasteiger charge is -2.32. The van der Waals surface area contributed by atoms with Gasteiger partial charge in [-0.15, -0.1) is 0 Å². The van der Waals surface area contributed by atoms with Gasteiger partial charge in [-0.3, -0.25) is 24.0 Å². The summed E-state index contributed by atoms with van der Waals surface area (Å²) in [5.74, 6) is -1.06. The highest BCUT2D eigenvalue weighted by Crippen LogP contribution is 2.27. The van der Waals surface area contributed by atoms with E-state index in [-0.39, 0.29) is 22.8 Å². The van der Waals surface area contributed by atoms with Crippen LogP contribution in [0.4, 0.5) is 11.4 Å². The predicted molar refractivity (Wildman–Crippen MR) is 149 cm³/mol. The second kappa shape index (κ2) is 13.2. The van der Waals surface area contributed by atoms with Crippen molar-refractivity contribution in [1.82, 2.24) is 10.2 Å². The molecular formula is C27H29ClN4O6S. The summed E-state index contributed by atoms with van der Waals surface area (Å²) < 4.78 is 28.3. The van der Waals surface area contributed by atoms with E-state index in [1.165, 1.54) is 29.2 Å². The molecule has 0 saturated carbocycles. The highest BCUT2D eigenvalue weighted by molar-refractivity contribution is 7.92. The van der Waals surface area contributed by atoms with E-state index >= 15 is 0 Å². The van der Waals surface area contributed by atoms with Gasteiger partial charge in [-0.05, 0) is 49.2 Å². The average molecular weight is 573 g/mol. The fourth-order valence-electron chi connectivity index (χ4n) is 3.78. The van der Waals surface area contributed by atoms with Crippen LogP contribution >= 0.6 is 11.6 Å². The summed E-state index contributed by atoms with van der Waals surface area (Å²) in [6.07, 6.45) is 0.695. The molecule has 0 aliphatic heterocycles. The van der Waals surface area contributed by atoms with Gasteiger partial charge in [-0.2, -0.15) is 0 Å². The molecule has 0 radical (unpaired) electrons. The zero-order chi connectivity index (χ0) is 28.6. The Morgan fingerprint density at radius 2 is 1.62 bits per heavy atom. The second-order valence-electron chi connectivity index (χ2n) is 8.68.